The van der Waals surface area contributed by atoms with Crippen LogP contribution in [0.1, 0.15) is 50.4 Å². The third-order valence-corrected chi connectivity index (χ3v) is 4.05. The summed E-state index contributed by atoms with van der Waals surface area (Å²) in [5.74, 6) is 1.04. The average molecular weight is 287 g/mol. The molecule has 3 nitrogen and oxygen atoms in total. The summed E-state index contributed by atoms with van der Waals surface area (Å²) >= 11 is 0. The van der Waals surface area contributed by atoms with Gasteiger partial charge < -0.3 is 14.5 Å². The molecule has 1 N–H and O–H groups in total. The zero-order valence-corrected chi connectivity index (χ0v) is 12.9. The van der Waals surface area contributed by atoms with Gasteiger partial charge in [0.1, 0.15) is 11.3 Å². The van der Waals surface area contributed by atoms with E-state index in [1.807, 2.05) is 12.1 Å². The number of ether oxygens (including phenoxy) is 1. The quantitative estimate of drug-likeness (QED) is 0.694. The van der Waals surface area contributed by atoms with Crippen molar-refractivity contribution in [1.82, 2.24) is 5.32 Å². The SMILES string of the molecule is CCCCCOCc1c(CNC2CC2)oc2ccccc12. The predicted molar refractivity (Wildman–Crippen MR) is 85.3 cm³/mol. The van der Waals surface area contributed by atoms with Gasteiger partial charge in [-0.3, -0.25) is 0 Å². The molecule has 0 saturated heterocycles. The Morgan fingerprint density at radius 2 is 2.10 bits per heavy atom. The molecule has 0 bridgehead atoms. The van der Waals surface area contributed by atoms with Crippen molar-refractivity contribution < 1.29 is 9.15 Å². The maximum atomic E-state index is 6.01. The number of hydrogen-bond acceptors (Lipinski definition) is 3. The first-order chi connectivity index (χ1) is 10.4. The van der Waals surface area contributed by atoms with Crippen LogP contribution >= 0.6 is 0 Å². The summed E-state index contributed by atoms with van der Waals surface area (Å²) in [5, 5.41) is 4.73. The maximum Gasteiger partial charge on any atom is 0.134 e. The van der Waals surface area contributed by atoms with Crippen molar-refractivity contribution in [2.45, 2.75) is 58.2 Å². The van der Waals surface area contributed by atoms with Gasteiger partial charge in [0.15, 0.2) is 0 Å². The standard InChI is InChI=1S/C18H25NO2/c1-2-3-6-11-20-13-16-15-7-4-5-8-17(15)21-18(16)12-19-14-9-10-14/h4-5,7-8,14,19H,2-3,6,9-13H2,1H3. The highest BCUT2D eigenvalue weighted by Crippen LogP contribution is 2.28. The van der Waals surface area contributed by atoms with E-state index < -0.39 is 0 Å². The smallest absolute Gasteiger partial charge is 0.134 e. The molecule has 3 rings (SSSR count). The van der Waals surface area contributed by atoms with Gasteiger partial charge in [0.25, 0.3) is 0 Å². The second kappa shape index (κ2) is 7.10. The highest BCUT2D eigenvalue weighted by atomic mass is 16.5. The predicted octanol–water partition coefficient (Wildman–Crippen LogP) is 4.39. The van der Waals surface area contributed by atoms with E-state index >= 15 is 0 Å². The fraction of sp³-hybridized carbons (Fsp3) is 0.556. The van der Waals surface area contributed by atoms with E-state index in [2.05, 4.69) is 24.4 Å². The minimum Gasteiger partial charge on any atom is -0.459 e. The van der Waals surface area contributed by atoms with Crippen molar-refractivity contribution in [3.63, 3.8) is 0 Å². The Labute approximate surface area is 126 Å². The van der Waals surface area contributed by atoms with Gasteiger partial charge in [0, 0.05) is 23.6 Å². The van der Waals surface area contributed by atoms with E-state index in [1.165, 1.54) is 36.6 Å². The molecule has 1 aliphatic rings. The van der Waals surface area contributed by atoms with Crippen molar-refractivity contribution in [3.8, 4) is 0 Å². The summed E-state index contributed by atoms with van der Waals surface area (Å²) in [6.07, 6.45) is 6.20. The topological polar surface area (TPSA) is 34.4 Å². The molecular formula is C18H25NO2. The zero-order valence-electron chi connectivity index (χ0n) is 12.9. The molecule has 0 amide bonds. The molecule has 0 spiro atoms. The van der Waals surface area contributed by atoms with E-state index in [9.17, 15) is 0 Å². The lowest BCUT2D eigenvalue weighted by Gasteiger charge is -2.06. The van der Waals surface area contributed by atoms with Crippen LogP contribution in [0.25, 0.3) is 11.0 Å². The number of nitrogens with one attached hydrogen (secondary N) is 1. The first-order valence-electron chi connectivity index (χ1n) is 8.19. The Hall–Kier alpha value is -1.32. The van der Waals surface area contributed by atoms with Crippen LogP contribution in [0.15, 0.2) is 28.7 Å². The molecule has 1 aromatic carbocycles. The largest absolute Gasteiger partial charge is 0.459 e. The number of para-hydroxylation sites is 1. The third kappa shape index (κ3) is 3.86. The number of unbranched alkanes of at least 4 members (excludes halogenated alkanes) is 2. The Morgan fingerprint density at radius 3 is 2.90 bits per heavy atom. The van der Waals surface area contributed by atoms with E-state index in [1.54, 1.807) is 0 Å². The third-order valence-electron chi connectivity index (χ3n) is 4.05. The van der Waals surface area contributed by atoms with Crippen molar-refractivity contribution >= 4 is 11.0 Å². The highest BCUT2D eigenvalue weighted by Gasteiger charge is 2.22. The van der Waals surface area contributed by atoms with E-state index in [-0.39, 0.29) is 0 Å². The number of hydrogen-bond donors (Lipinski definition) is 1. The summed E-state index contributed by atoms with van der Waals surface area (Å²) in [6.45, 7) is 4.52. The number of fused-ring (bicyclic) bond motifs is 1. The van der Waals surface area contributed by atoms with Crippen molar-refractivity contribution in [1.29, 1.82) is 0 Å². The van der Waals surface area contributed by atoms with Gasteiger partial charge in [0.2, 0.25) is 0 Å². The van der Waals surface area contributed by atoms with Crippen LogP contribution in [0.4, 0.5) is 0 Å². The molecule has 0 unspecified atom stereocenters. The van der Waals surface area contributed by atoms with Gasteiger partial charge in [-0.25, -0.2) is 0 Å². The second-order valence-electron chi connectivity index (χ2n) is 5.91. The fourth-order valence-electron chi connectivity index (χ4n) is 2.60. The van der Waals surface area contributed by atoms with Crippen LogP contribution in [0.2, 0.25) is 0 Å². The molecule has 21 heavy (non-hydrogen) atoms. The van der Waals surface area contributed by atoms with Crippen LogP contribution in [-0.2, 0) is 17.9 Å². The van der Waals surface area contributed by atoms with Crippen LogP contribution in [0, 0.1) is 0 Å². The second-order valence-corrected chi connectivity index (χ2v) is 5.91. The fourth-order valence-corrected chi connectivity index (χ4v) is 2.60. The minimum atomic E-state index is 0.655. The molecule has 0 aliphatic heterocycles. The Morgan fingerprint density at radius 1 is 1.24 bits per heavy atom. The Bertz CT molecular complexity index is 572. The number of rotatable bonds is 9. The van der Waals surface area contributed by atoms with Crippen LogP contribution in [0.5, 0.6) is 0 Å². The average Bonchev–Trinajstić information content (AvgIpc) is 3.27. The molecule has 1 fully saturated rings. The van der Waals surface area contributed by atoms with Gasteiger partial charge in [0.05, 0.1) is 13.2 Å². The molecule has 2 aromatic rings. The van der Waals surface area contributed by atoms with Gasteiger partial charge >= 0.3 is 0 Å². The monoisotopic (exact) mass is 287 g/mol. The number of benzene rings is 1. The lowest BCUT2D eigenvalue weighted by Crippen LogP contribution is -2.16. The minimum absolute atomic E-state index is 0.655. The molecule has 114 valence electrons. The summed E-state index contributed by atoms with van der Waals surface area (Å²) in [6, 6.07) is 8.95. The van der Waals surface area contributed by atoms with Crippen LogP contribution in [-0.4, -0.2) is 12.6 Å². The van der Waals surface area contributed by atoms with Crippen LogP contribution in [0.3, 0.4) is 0 Å². The van der Waals surface area contributed by atoms with Crippen molar-refractivity contribution in [3.05, 3.63) is 35.6 Å². The zero-order chi connectivity index (χ0) is 14.5. The molecule has 1 heterocycles. The Balaban J connectivity index is 1.68. The summed E-state index contributed by atoms with van der Waals surface area (Å²) < 4.78 is 11.9. The Kier molecular flexibility index (Phi) is 4.94. The van der Waals surface area contributed by atoms with Gasteiger partial charge in [-0.05, 0) is 25.3 Å². The van der Waals surface area contributed by atoms with Gasteiger partial charge in [-0.15, -0.1) is 0 Å². The maximum absolute atomic E-state index is 6.01. The lowest BCUT2D eigenvalue weighted by atomic mass is 10.1. The molecule has 1 aromatic heterocycles. The molecule has 0 atom stereocenters. The first kappa shape index (κ1) is 14.6. The molecule has 3 heteroatoms. The molecule has 1 saturated carbocycles. The lowest BCUT2D eigenvalue weighted by molar-refractivity contribution is 0.116. The first-order valence-corrected chi connectivity index (χ1v) is 8.19. The summed E-state index contributed by atoms with van der Waals surface area (Å²) in [5.41, 5.74) is 2.19. The summed E-state index contributed by atoms with van der Waals surface area (Å²) in [7, 11) is 0. The van der Waals surface area contributed by atoms with Gasteiger partial charge in [-0.1, -0.05) is 38.0 Å². The van der Waals surface area contributed by atoms with Crippen molar-refractivity contribution in [2.24, 2.45) is 0 Å². The normalized spacial score (nSPS) is 14.9. The molecule has 0 radical (unpaired) electrons. The number of furan rings is 1. The van der Waals surface area contributed by atoms with E-state index in [0.717, 1.165) is 30.9 Å². The van der Waals surface area contributed by atoms with Crippen molar-refractivity contribution in [2.75, 3.05) is 6.61 Å². The highest BCUT2D eigenvalue weighted by molar-refractivity contribution is 5.82. The summed E-state index contributed by atoms with van der Waals surface area (Å²) in [4.78, 5) is 0. The van der Waals surface area contributed by atoms with E-state index in [0.29, 0.717) is 12.6 Å². The van der Waals surface area contributed by atoms with E-state index in [4.69, 9.17) is 9.15 Å². The molecule has 1 aliphatic carbocycles. The van der Waals surface area contributed by atoms with Gasteiger partial charge in [-0.2, -0.15) is 0 Å². The van der Waals surface area contributed by atoms with Crippen LogP contribution < -0.4 is 5.32 Å². The molecular weight excluding hydrogens is 262 g/mol.